The molecule has 6 aliphatic rings. The van der Waals surface area contributed by atoms with E-state index in [0.717, 1.165) is 50.9 Å². The van der Waals surface area contributed by atoms with Crippen molar-refractivity contribution >= 4 is 11.9 Å². The number of rotatable bonds is 3. The summed E-state index contributed by atoms with van der Waals surface area (Å²) in [5.41, 5.74) is 1.93. The van der Waals surface area contributed by atoms with Crippen LogP contribution >= 0.6 is 0 Å². The first kappa shape index (κ1) is 25.6. The van der Waals surface area contributed by atoms with Gasteiger partial charge in [0.1, 0.15) is 6.10 Å². The minimum Gasteiger partial charge on any atom is -0.478 e. The van der Waals surface area contributed by atoms with E-state index < -0.39 is 11.9 Å². The van der Waals surface area contributed by atoms with Crippen LogP contribution < -0.4 is 0 Å². The fourth-order valence-electron chi connectivity index (χ4n) is 10.1. The largest absolute Gasteiger partial charge is 0.478 e. The quantitative estimate of drug-likeness (QED) is 0.288. The highest BCUT2D eigenvalue weighted by molar-refractivity contribution is 5.90. The Morgan fingerprint density at radius 2 is 1.89 bits per heavy atom. The fourth-order valence-corrected chi connectivity index (χ4v) is 10.1. The van der Waals surface area contributed by atoms with Crippen LogP contribution in [-0.2, 0) is 23.8 Å². The SMILES string of the molecule is C[C@@H]1CC[C@@]2(OC1)O[C@H]1C[C@H]3[C@@H]4CC=C5C[C@@H](OC(=O)/C=C\C(=O)O)CC[C@]5(C)[C@H]4CC[C@]3(C)[C@H]1[C@@H]2C. The summed E-state index contributed by atoms with van der Waals surface area (Å²) < 4.78 is 19.0. The number of allylic oxidation sites excluding steroid dienone is 1. The lowest BCUT2D eigenvalue weighted by Gasteiger charge is -2.58. The van der Waals surface area contributed by atoms with E-state index in [4.69, 9.17) is 19.3 Å². The maximum atomic E-state index is 12.1. The van der Waals surface area contributed by atoms with Crippen LogP contribution in [0.25, 0.3) is 0 Å². The van der Waals surface area contributed by atoms with Crippen molar-refractivity contribution in [2.75, 3.05) is 6.61 Å². The van der Waals surface area contributed by atoms with Crippen LogP contribution in [0.4, 0.5) is 0 Å². The van der Waals surface area contributed by atoms with E-state index in [9.17, 15) is 9.59 Å². The molecule has 0 unspecified atom stereocenters. The Hall–Kier alpha value is -1.66. The van der Waals surface area contributed by atoms with E-state index in [1.54, 1.807) is 0 Å². The van der Waals surface area contributed by atoms with Crippen LogP contribution in [0.5, 0.6) is 0 Å². The zero-order valence-electron chi connectivity index (χ0n) is 22.9. The number of hydrogen-bond acceptors (Lipinski definition) is 5. The van der Waals surface area contributed by atoms with Crippen molar-refractivity contribution in [3.8, 4) is 0 Å². The number of aliphatic carboxylic acids is 1. The summed E-state index contributed by atoms with van der Waals surface area (Å²) in [7, 11) is 0. The van der Waals surface area contributed by atoms with Crippen molar-refractivity contribution in [1.29, 1.82) is 0 Å². The lowest BCUT2D eigenvalue weighted by molar-refractivity contribution is -0.272. The fraction of sp³-hybridized carbons (Fsp3) is 0.806. The summed E-state index contributed by atoms with van der Waals surface area (Å²) in [5.74, 6) is 1.66. The van der Waals surface area contributed by atoms with Crippen molar-refractivity contribution in [2.24, 2.45) is 46.3 Å². The number of carbonyl (C=O) groups is 2. The number of ether oxygens (including phenoxy) is 3. The molecule has 6 rings (SSSR count). The van der Waals surface area contributed by atoms with Gasteiger partial charge in [-0.1, -0.05) is 39.3 Å². The van der Waals surface area contributed by atoms with Crippen LogP contribution in [0.15, 0.2) is 23.8 Å². The van der Waals surface area contributed by atoms with E-state index in [-0.39, 0.29) is 17.3 Å². The molecular weight excluding hydrogens is 468 g/mol. The highest BCUT2D eigenvalue weighted by Crippen LogP contribution is 2.70. The third kappa shape index (κ3) is 3.95. The van der Waals surface area contributed by atoms with Gasteiger partial charge in [-0.3, -0.25) is 0 Å². The molecule has 0 radical (unpaired) electrons. The summed E-state index contributed by atoms with van der Waals surface area (Å²) in [6.45, 7) is 10.6. The van der Waals surface area contributed by atoms with Gasteiger partial charge in [-0.15, -0.1) is 0 Å². The van der Waals surface area contributed by atoms with Crippen LogP contribution in [0.1, 0.15) is 85.5 Å². The van der Waals surface area contributed by atoms with Gasteiger partial charge in [-0.25, -0.2) is 9.59 Å². The molecule has 6 nitrogen and oxygen atoms in total. The molecule has 0 amide bonds. The van der Waals surface area contributed by atoms with Crippen LogP contribution in [0.2, 0.25) is 0 Å². The van der Waals surface area contributed by atoms with Crippen molar-refractivity contribution < 1.29 is 28.9 Å². The molecule has 4 aliphatic carbocycles. The van der Waals surface area contributed by atoms with E-state index in [0.29, 0.717) is 47.0 Å². The Bertz CT molecular complexity index is 1010. The Morgan fingerprint density at radius 3 is 2.62 bits per heavy atom. The third-order valence-corrected chi connectivity index (χ3v) is 12.0. The molecule has 11 atom stereocenters. The van der Waals surface area contributed by atoms with Gasteiger partial charge in [-0.05, 0) is 85.4 Å². The second kappa shape index (κ2) is 8.94. The monoisotopic (exact) mass is 512 g/mol. The second-order valence-corrected chi connectivity index (χ2v) is 13.8. The van der Waals surface area contributed by atoms with Gasteiger partial charge < -0.3 is 19.3 Å². The minimum atomic E-state index is -1.13. The molecule has 204 valence electrons. The average Bonchev–Trinajstić information content (AvgIpc) is 3.30. The predicted octanol–water partition coefficient (Wildman–Crippen LogP) is 5.91. The lowest BCUT2D eigenvalue weighted by Crippen LogP contribution is -2.52. The molecule has 6 heteroatoms. The smallest absolute Gasteiger partial charge is 0.331 e. The van der Waals surface area contributed by atoms with Crippen LogP contribution in [0, 0.1) is 46.3 Å². The molecule has 3 saturated carbocycles. The molecule has 0 aromatic rings. The van der Waals surface area contributed by atoms with E-state index in [1.165, 1.54) is 31.3 Å². The zero-order chi connectivity index (χ0) is 26.2. The van der Waals surface area contributed by atoms with Crippen LogP contribution in [0.3, 0.4) is 0 Å². The van der Waals surface area contributed by atoms with E-state index in [1.807, 2.05) is 0 Å². The Morgan fingerprint density at radius 1 is 1.08 bits per heavy atom. The van der Waals surface area contributed by atoms with Gasteiger partial charge in [0, 0.05) is 30.9 Å². The Labute approximate surface area is 221 Å². The number of esters is 1. The van der Waals surface area contributed by atoms with E-state index in [2.05, 4.69) is 33.8 Å². The molecule has 2 heterocycles. The topological polar surface area (TPSA) is 82.1 Å². The summed E-state index contributed by atoms with van der Waals surface area (Å²) in [5, 5.41) is 8.77. The summed E-state index contributed by atoms with van der Waals surface area (Å²) in [6.07, 6.45) is 14.2. The maximum Gasteiger partial charge on any atom is 0.331 e. The summed E-state index contributed by atoms with van der Waals surface area (Å²) >= 11 is 0. The van der Waals surface area contributed by atoms with E-state index >= 15 is 0 Å². The first-order valence-corrected chi connectivity index (χ1v) is 14.7. The van der Waals surface area contributed by atoms with Crippen molar-refractivity contribution in [1.82, 2.24) is 0 Å². The molecule has 2 saturated heterocycles. The number of carboxylic acids is 1. The first-order valence-electron chi connectivity index (χ1n) is 14.7. The standard InChI is InChI=1S/C31H44O6/c1-18-9-14-31(35-17-18)19(2)28-25(37-31)16-24-22-6-5-20-15-21(36-27(34)8-7-26(32)33)10-12-29(20,3)23(22)11-13-30(24,28)4/h5,7-8,18-19,21-25,28H,6,9-17H2,1-4H3,(H,32,33)/b8-7-/t18-,19+,21+,22-,23+,24+,25+,28+,29+,30+,31-/m1/s1. The minimum absolute atomic E-state index is 0.162. The Kier molecular flexibility index (Phi) is 6.19. The highest BCUT2D eigenvalue weighted by atomic mass is 16.7. The molecule has 0 bridgehead atoms. The number of hydrogen-bond donors (Lipinski definition) is 1. The van der Waals surface area contributed by atoms with Crippen molar-refractivity contribution in [3.63, 3.8) is 0 Å². The number of fused-ring (bicyclic) bond motifs is 7. The molecular formula is C31H44O6. The maximum absolute atomic E-state index is 12.1. The third-order valence-electron chi connectivity index (χ3n) is 12.0. The average molecular weight is 513 g/mol. The van der Waals surface area contributed by atoms with Gasteiger partial charge in [0.15, 0.2) is 5.79 Å². The van der Waals surface area contributed by atoms with Gasteiger partial charge in [0.05, 0.1) is 12.7 Å². The highest BCUT2D eigenvalue weighted by Gasteiger charge is 2.68. The number of carbonyl (C=O) groups excluding carboxylic acids is 1. The first-order chi connectivity index (χ1) is 17.6. The molecule has 1 N–H and O–H groups in total. The second-order valence-electron chi connectivity index (χ2n) is 13.8. The number of carboxylic acid groups (broad SMARTS) is 1. The molecule has 5 fully saturated rings. The van der Waals surface area contributed by atoms with Gasteiger partial charge in [0.25, 0.3) is 0 Å². The zero-order valence-corrected chi connectivity index (χ0v) is 22.9. The van der Waals surface area contributed by atoms with Gasteiger partial charge in [0.2, 0.25) is 0 Å². The molecule has 2 aliphatic heterocycles. The van der Waals surface area contributed by atoms with Gasteiger partial charge in [-0.2, -0.15) is 0 Å². The molecule has 0 aromatic carbocycles. The molecule has 1 spiro atoms. The summed E-state index contributed by atoms with van der Waals surface area (Å²) in [6, 6.07) is 0. The van der Waals surface area contributed by atoms with Crippen LogP contribution in [-0.4, -0.2) is 41.6 Å². The Balaban J connectivity index is 1.17. The summed E-state index contributed by atoms with van der Waals surface area (Å²) in [4.78, 5) is 22.8. The van der Waals surface area contributed by atoms with Crippen molar-refractivity contribution in [2.45, 2.75) is 103 Å². The predicted molar refractivity (Wildman–Crippen MR) is 138 cm³/mol. The van der Waals surface area contributed by atoms with Gasteiger partial charge >= 0.3 is 11.9 Å². The molecule has 37 heavy (non-hydrogen) atoms. The normalized spacial score (nSPS) is 50.6. The lowest BCUT2D eigenvalue weighted by atomic mass is 9.47. The molecule has 0 aromatic heterocycles. The van der Waals surface area contributed by atoms with Crippen molar-refractivity contribution in [3.05, 3.63) is 23.8 Å².